The second kappa shape index (κ2) is 6.63. The van der Waals surface area contributed by atoms with Crippen LogP contribution in [0.15, 0.2) is 34.9 Å². The Balaban J connectivity index is 1.58. The van der Waals surface area contributed by atoms with Crippen molar-refractivity contribution in [2.75, 3.05) is 26.2 Å². The minimum atomic E-state index is -0.0164. The minimum Gasteiger partial charge on any atom is -0.360 e. The number of nitriles is 1. The number of carbonyl (C=O) groups is 1. The van der Waals surface area contributed by atoms with E-state index in [9.17, 15) is 4.79 Å². The van der Waals surface area contributed by atoms with Crippen LogP contribution >= 0.6 is 0 Å². The fourth-order valence-corrected chi connectivity index (χ4v) is 2.72. The Bertz CT molecular complexity index is 739. The fourth-order valence-electron chi connectivity index (χ4n) is 2.72. The number of aryl methyl sites for hydroxylation is 1. The number of amides is 1. The van der Waals surface area contributed by atoms with Crippen LogP contribution in [-0.4, -0.2) is 47.0 Å². The summed E-state index contributed by atoms with van der Waals surface area (Å²) in [5.74, 6) is 0.834. The second-order valence-electron chi connectivity index (χ2n) is 5.70. The molecule has 2 aromatic rings. The highest BCUT2D eigenvalue weighted by Crippen LogP contribution is 2.13. The van der Waals surface area contributed by atoms with Crippen LogP contribution in [0.2, 0.25) is 0 Å². The maximum atomic E-state index is 12.5. The largest absolute Gasteiger partial charge is 0.360 e. The van der Waals surface area contributed by atoms with Gasteiger partial charge in [0, 0.05) is 37.8 Å². The van der Waals surface area contributed by atoms with Crippen molar-refractivity contribution < 1.29 is 9.32 Å². The molecule has 0 spiro atoms. The fraction of sp³-hybridized carbons (Fsp3) is 0.353. The van der Waals surface area contributed by atoms with Crippen molar-refractivity contribution in [1.82, 2.24) is 15.0 Å². The molecule has 0 atom stereocenters. The molecule has 118 valence electrons. The van der Waals surface area contributed by atoms with Crippen LogP contribution in [0.5, 0.6) is 0 Å². The number of piperazine rings is 1. The normalized spacial score (nSPS) is 15.4. The molecule has 0 aliphatic carbocycles. The number of rotatable bonds is 3. The first-order chi connectivity index (χ1) is 11.2. The zero-order chi connectivity index (χ0) is 16.2. The summed E-state index contributed by atoms with van der Waals surface area (Å²) in [6.45, 7) is 5.55. The van der Waals surface area contributed by atoms with E-state index in [0.717, 1.165) is 24.5 Å². The molecule has 2 heterocycles. The third-order valence-electron chi connectivity index (χ3n) is 3.95. The van der Waals surface area contributed by atoms with Gasteiger partial charge in [-0.2, -0.15) is 5.26 Å². The van der Waals surface area contributed by atoms with Crippen molar-refractivity contribution in [2.45, 2.75) is 13.5 Å². The summed E-state index contributed by atoms with van der Waals surface area (Å²) in [5, 5.41) is 12.8. The van der Waals surface area contributed by atoms with Crippen LogP contribution in [0.25, 0.3) is 0 Å². The molecule has 0 bridgehead atoms. The van der Waals surface area contributed by atoms with Gasteiger partial charge in [-0.15, -0.1) is 0 Å². The summed E-state index contributed by atoms with van der Waals surface area (Å²) in [5.41, 5.74) is 1.96. The Morgan fingerprint density at radius 2 is 2.09 bits per heavy atom. The molecular formula is C17H18N4O2. The SMILES string of the molecule is Cc1cc(CN2CCN(C(=O)c3cccc(C#N)c3)CC2)on1. The molecule has 1 saturated heterocycles. The van der Waals surface area contributed by atoms with Crippen LogP contribution in [0.1, 0.15) is 27.4 Å². The standard InChI is InChI=1S/C17H18N4O2/c1-13-9-16(23-19-13)12-20-5-7-21(8-6-20)17(22)15-4-2-3-14(10-15)11-18/h2-4,9-10H,5-8,12H2,1H3. The Hall–Kier alpha value is -2.65. The van der Waals surface area contributed by atoms with E-state index >= 15 is 0 Å². The van der Waals surface area contributed by atoms with Crippen molar-refractivity contribution in [3.63, 3.8) is 0 Å². The van der Waals surface area contributed by atoms with Gasteiger partial charge >= 0.3 is 0 Å². The third-order valence-corrected chi connectivity index (χ3v) is 3.95. The van der Waals surface area contributed by atoms with E-state index in [0.29, 0.717) is 30.8 Å². The summed E-state index contributed by atoms with van der Waals surface area (Å²) in [6.07, 6.45) is 0. The van der Waals surface area contributed by atoms with Gasteiger partial charge in [-0.25, -0.2) is 0 Å². The van der Waals surface area contributed by atoms with Crippen LogP contribution in [0.4, 0.5) is 0 Å². The lowest BCUT2D eigenvalue weighted by molar-refractivity contribution is 0.0617. The Morgan fingerprint density at radius 3 is 2.74 bits per heavy atom. The molecule has 6 heteroatoms. The molecule has 1 amide bonds. The summed E-state index contributed by atoms with van der Waals surface area (Å²) < 4.78 is 5.23. The van der Waals surface area contributed by atoms with Crippen LogP contribution in [0.3, 0.4) is 0 Å². The predicted molar refractivity (Wildman–Crippen MR) is 83.6 cm³/mol. The molecule has 1 aliphatic rings. The topological polar surface area (TPSA) is 73.4 Å². The molecule has 1 aromatic carbocycles. The van der Waals surface area contributed by atoms with E-state index in [1.807, 2.05) is 17.9 Å². The summed E-state index contributed by atoms with van der Waals surface area (Å²) in [6, 6.07) is 10.9. The average Bonchev–Trinajstić information content (AvgIpc) is 3.00. The summed E-state index contributed by atoms with van der Waals surface area (Å²) >= 11 is 0. The zero-order valence-corrected chi connectivity index (χ0v) is 13.0. The smallest absolute Gasteiger partial charge is 0.253 e. The lowest BCUT2D eigenvalue weighted by atomic mass is 10.1. The maximum Gasteiger partial charge on any atom is 0.253 e. The van der Waals surface area contributed by atoms with E-state index in [1.165, 1.54) is 0 Å². The molecule has 0 N–H and O–H groups in total. The summed E-state index contributed by atoms with van der Waals surface area (Å²) in [4.78, 5) is 16.6. The molecule has 0 unspecified atom stereocenters. The van der Waals surface area contributed by atoms with E-state index in [2.05, 4.69) is 16.1 Å². The molecule has 1 aliphatic heterocycles. The highest BCUT2D eigenvalue weighted by molar-refractivity contribution is 5.94. The van der Waals surface area contributed by atoms with Crippen LogP contribution in [-0.2, 0) is 6.54 Å². The first kappa shape index (κ1) is 15.3. The van der Waals surface area contributed by atoms with Crippen molar-refractivity contribution in [2.24, 2.45) is 0 Å². The first-order valence-electron chi connectivity index (χ1n) is 7.60. The van der Waals surface area contributed by atoms with Gasteiger partial charge in [-0.05, 0) is 25.1 Å². The van der Waals surface area contributed by atoms with Crippen LogP contribution < -0.4 is 0 Å². The molecular weight excluding hydrogens is 292 g/mol. The van der Waals surface area contributed by atoms with Crippen molar-refractivity contribution in [1.29, 1.82) is 5.26 Å². The van der Waals surface area contributed by atoms with Gasteiger partial charge in [0.1, 0.15) is 0 Å². The number of hydrogen-bond donors (Lipinski definition) is 0. The number of carbonyl (C=O) groups excluding carboxylic acids is 1. The van der Waals surface area contributed by atoms with E-state index in [-0.39, 0.29) is 5.91 Å². The monoisotopic (exact) mass is 310 g/mol. The van der Waals surface area contributed by atoms with Gasteiger partial charge in [0.15, 0.2) is 5.76 Å². The van der Waals surface area contributed by atoms with E-state index < -0.39 is 0 Å². The Kier molecular flexibility index (Phi) is 4.40. The first-order valence-corrected chi connectivity index (χ1v) is 7.60. The van der Waals surface area contributed by atoms with Crippen LogP contribution in [0, 0.1) is 18.3 Å². The lowest BCUT2D eigenvalue weighted by Gasteiger charge is -2.34. The summed E-state index contributed by atoms with van der Waals surface area (Å²) in [7, 11) is 0. The maximum absolute atomic E-state index is 12.5. The highest BCUT2D eigenvalue weighted by atomic mass is 16.5. The molecule has 23 heavy (non-hydrogen) atoms. The molecule has 1 fully saturated rings. The van der Waals surface area contributed by atoms with Crippen molar-refractivity contribution in [3.8, 4) is 6.07 Å². The highest BCUT2D eigenvalue weighted by Gasteiger charge is 2.23. The van der Waals surface area contributed by atoms with Crippen molar-refractivity contribution in [3.05, 3.63) is 52.9 Å². The Morgan fingerprint density at radius 1 is 1.30 bits per heavy atom. The number of benzene rings is 1. The second-order valence-corrected chi connectivity index (χ2v) is 5.70. The molecule has 3 rings (SSSR count). The van der Waals surface area contributed by atoms with Gasteiger partial charge in [-0.1, -0.05) is 11.2 Å². The molecule has 0 saturated carbocycles. The molecule has 6 nitrogen and oxygen atoms in total. The minimum absolute atomic E-state index is 0.0164. The number of hydrogen-bond acceptors (Lipinski definition) is 5. The Labute approximate surface area is 134 Å². The molecule has 0 radical (unpaired) electrons. The predicted octanol–water partition coefficient (Wildman–Crippen LogP) is 1.81. The quantitative estimate of drug-likeness (QED) is 0.864. The van der Waals surface area contributed by atoms with Gasteiger partial charge in [-0.3, -0.25) is 9.69 Å². The van der Waals surface area contributed by atoms with Gasteiger partial charge in [0.25, 0.3) is 5.91 Å². The third kappa shape index (κ3) is 3.58. The molecule has 1 aromatic heterocycles. The van der Waals surface area contributed by atoms with Gasteiger partial charge in [0.2, 0.25) is 0 Å². The number of aromatic nitrogens is 1. The van der Waals surface area contributed by atoms with E-state index in [1.54, 1.807) is 24.3 Å². The van der Waals surface area contributed by atoms with E-state index in [4.69, 9.17) is 9.78 Å². The number of nitrogens with zero attached hydrogens (tertiary/aromatic N) is 4. The van der Waals surface area contributed by atoms with Gasteiger partial charge < -0.3 is 9.42 Å². The van der Waals surface area contributed by atoms with Gasteiger partial charge in [0.05, 0.1) is 23.9 Å². The van der Waals surface area contributed by atoms with Crippen molar-refractivity contribution >= 4 is 5.91 Å². The average molecular weight is 310 g/mol. The lowest BCUT2D eigenvalue weighted by Crippen LogP contribution is -2.48. The zero-order valence-electron chi connectivity index (χ0n) is 13.0.